The molecule has 0 heterocycles. The molecule has 0 spiro atoms. The topological polar surface area (TPSA) is 158 Å². The Kier molecular flexibility index (Phi) is 10.4. The fourth-order valence-corrected chi connectivity index (χ4v) is 1.88. The van der Waals surface area contributed by atoms with E-state index in [2.05, 4.69) is 0 Å². The van der Waals surface area contributed by atoms with Gasteiger partial charge in [-0.15, -0.1) is 0 Å². The molecule has 0 aliphatic carbocycles. The monoisotopic (exact) mass is 286 g/mol. The van der Waals surface area contributed by atoms with Gasteiger partial charge in [0.05, 0.1) is 0 Å². The van der Waals surface area contributed by atoms with Crippen molar-refractivity contribution in [1.82, 2.24) is 9.80 Å². The Morgan fingerprint density at radius 1 is 0.650 bits per heavy atom. The van der Waals surface area contributed by atoms with E-state index in [1.807, 2.05) is 9.80 Å². The van der Waals surface area contributed by atoms with Gasteiger partial charge in [-0.1, -0.05) is 0 Å². The van der Waals surface area contributed by atoms with Gasteiger partial charge in [0.2, 0.25) is 0 Å². The average Bonchev–Trinajstić information content (AvgIpc) is 2.40. The van der Waals surface area contributed by atoms with Crippen molar-refractivity contribution in [2.45, 2.75) is 25.7 Å². The first kappa shape index (κ1) is 18.5. The molecule has 0 saturated heterocycles. The Morgan fingerprint density at radius 2 is 0.950 bits per heavy atom. The van der Waals surface area contributed by atoms with Crippen molar-refractivity contribution in [2.24, 2.45) is 22.9 Å². The summed E-state index contributed by atoms with van der Waals surface area (Å²) in [7, 11) is 0. The zero-order valence-corrected chi connectivity index (χ0v) is 12.3. The zero-order valence-electron chi connectivity index (χ0n) is 12.3. The molecule has 0 saturated carbocycles. The number of unbranched alkanes of at least 4 members (excludes halogenated alkanes) is 1. The van der Waals surface area contributed by atoms with Gasteiger partial charge in [0.25, 0.3) is 0 Å². The molecule has 0 aromatic rings. The molecule has 20 heavy (non-hydrogen) atoms. The molecule has 118 valence electrons. The van der Waals surface area contributed by atoms with Gasteiger partial charge in [0, 0.05) is 26.2 Å². The zero-order chi connectivity index (χ0) is 15.4. The van der Waals surface area contributed by atoms with Crippen LogP contribution in [0.1, 0.15) is 25.7 Å². The lowest BCUT2D eigenvalue weighted by Gasteiger charge is -2.25. The smallest absolute Gasteiger partial charge is 0.188 e. The summed E-state index contributed by atoms with van der Waals surface area (Å²) < 4.78 is 0. The van der Waals surface area contributed by atoms with Crippen molar-refractivity contribution < 1.29 is 0 Å². The molecule has 0 aliphatic rings. The van der Waals surface area contributed by atoms with E-state index in [1.165, 1.54) is 0 Å². The van der Waals surface area contributed by atoms with Crippen LogP contribution in [0.4, 0.5) is 0 Å². The number of hydrogen-bond donors (Lipinski definition) is 6. The minimum absolute atomic E-state index is 0.0880. The maximum absolute atomic E-state index is 7.49. The Morgan fingerprint density at radius 3 is 1.20 bits per heavy atom. The van der Waals surface area contributed by atoms with Crippen LogP contribution in [0.5, 0.6) is 0 Å². The molecule has 0 aromatic carbocycles. The molecule has 10 N–H and O–H groups in total. The highest BCUT2D eigenvalue weighted by Crippen LogP contribution is 2.00. The number of rotatable bonds is 11. The maximum Gasteiger partial charge on any atom is 0.188 e. The molecular formula is C12H30N8. The van der Waals surface area contributed by atoms with E-state index in [0.717, 1.165) is 51.9 Å². The molecule has 0 bridgehead atoms. The molecule has 0 atom stereocenters. The van der Waals surface area contributed by atoms with Gasteiger partial charge in [0.1, 0.15) is 0 Å². The second-order valence-electron chi connectivity index (χ2n) is 4.74. The van der Waals surface area contributed by atoms with Gasteiger partial charge in [-0.2, -0.15) is 0 Å². The van der Waals surface area contributed by atoms with Crippen molar-refractivity contribution in [3.8, 4) is 0 Å². The highest BCUT2D eigenvalue weighted by Gasteiger charge is 2.08. The number of hydrogen-bond acceptors (Lipinski definition) is 4. The largest absolute Gasteiger partial charge is 0.370 e. The second kappa shape index (κ2) is 11.3. The van der Waals surface area contributed by atoms with Crippen molar-refractivity contribution >= 4 is 11.9 Å². The molecule has 0 aliphatic heterocycles. The van der Waals surface area contributed by atoms with Crippen LogP contribution < -0.4 is 22.9 Å². The Labute approximate surface area is 121 Å². The molecule has 8 heteroatoms. The number of guanidine groups is 2. The molecule has 8 nitrogen and oxygen atoms in total. The van der Waals surface area contributed by atoms with Crippen LogP contribution in [-0.4, -0.2) is 61.0 Å². The molecule has 0 aromatic heterocycles. The van der Waals surface area contributed by atoms with Crippen LogP contribution >= 0.6 is 0 Å². The summed E-state index contributed by atoms with van der Waals surface area (Å²) in [5, 5.41) is 15.0. The van der Waals surface area contributed by atoms with Gasteiger partial charge >= 0.3 is 0 Å². The molecule has 0 rings (SSSR count). The first-order valence-electron chi connectivity index (χ1n) is 7.11. The van der Waals surface area contributed by atoms with E-state index in [9.17, 15) is 0 Å². The average molecular weight is 286 g/mol. The van der Waals surface area contributed by atoms with Crippen molar-refractivity contribution in [1.29, 1.82) is 10.8 Å². The van der Waals surface area contributed by atoms with Crippen LogP contribution in [0.3, 0.4) is 0 Å². The summed E-state index contributed by atoms with van der Waals surface area (Å²) >= 11 is 0. The van der Waals surface area contributed by atoms with Crippen molar-refractivity contribution in [2.75, 3.05) is 39.3 Å². The first-order chi connectivity index (χ1) is 9.52. The van der Waals surface area contributed by atoms with E-state index in [0.29, 0.717) is 13.1 Å². The van der Waals surface area contributed by atoms with Crippen molar-refractivity contribution in [3.63, 3.8) is 0 Å². The fraction of sp³-hybridized carbons (Fsp3) is 0.833. The molecule has 0 radical (unpaired) electrons. The van der Waals surface area contributed by atoms with Gasteiger partial charge in [0.15, 0.2) is 11.9 Å². The summed E-state index contributed by atoms with van der Waals surface area (Å²) in [6.45, 7) is 4.10. The predicted octanol–water partition coefficient (Wildman–Crippen LogP) is -1.14. The van der Waals surface area contributed by atoms with Gasteiger partial charge in [-0.3, -0.25) is 10.8 Å². The Hall–Kier alpha value is -1.54. The summed E-state index contributed by atoms with van der Waals surface area (Å²) in [6.07, 6.45) is 3.46. The highest BCUT2D eigenvalue weighted by molar-refractivity contribution is 5.74. The van der Waals surface area contributed by atoms with Crippen LogP contribution in [0.15, 0.2) is 0 Å². The van der Waals surface area contributed by atoms with Crippen LogP contribution in [0.25, 0.3) is 0 Å². The maximum atomic E-state index is 7.49. The summed E-state index contributed by atoms with van der Waals surface area (Å²) in [5.74, 6) is 0.176. The molecule has 0 unspecified atom stereocenters. The standard InChI is InChI=1S/C12H30N8/c13-5-3-9-19(11(15)16)7-1-2-8-20(12(17)18)10-4-6-14/h1-10,13-14H2,(H3,15,16)(H3,17,18). The predicted molar refractivity (Wildman–Crippen MR) is 83.6 cm³/mol. The molecular weight excluding hydrogens is 256 g/mol. The van der Waals surface area contributed by atoms with Crippen LogP contribution in [0.2, 0.25) is 0 Å². The minimum atomic E-state index is 0.0880. The summed E-state index contributed by atoms with van der Waals surface area (Å²) in [6, 6.07) is 0. The Bertz CT molecular complexity index is 253. The summed E-state index contributed by atoms with van der Waals surface area (Å²) in [5.41, 5.74) is 22.0. The van der Waals surface area contributed by atoms with Crippen molar-refractivity contribution in [3.05, 3.63) is 0 Å². The fourth-order valence-electron chi connectivity index (χ4n) is 1.88. The number of nitrogens with zero attached hydrogens (tertiary/aromatic N) is 2. The molecule has 0 amide bonds. The lowest BCUT2D eigenvalue weighted by atomic mass is 10.2. The molecule has 0 fully saturated rings. The quantitative estimate of drug-likeness (QED) is 0.160. The lowest BCUT2D eigenvalue weighted by Crippen LogP contribution is -2.40. The SMILES string of the molecule is N=C(N)N(CCCN)CCCCN(CCCN)C(=N)N. The minimum Gasteiger partial charge on any atom is -0.370 e. The third kappa shape index (κ3) is 8.54. The van der Waals surface area contributed by atoms with E-state index in [1.54, 1.807) is 0 Å². The van der Waals surface area contributed by atoms with E-state index < -0.39 is 0 Å². The van der Waals surface area contributed by atoms with Gasteiger partial charge in [-0.05, 0) is 38.8 Å². The van der Waals surface area contributed by atoms with Crippen LogP contribution in [-0.2, 0) is 0 Å². The van der Waals surface area contributed by atoms with E-state index in [-0.39, 0.29) is 11.9 Å². The number of nitrogens with one attached hydrogen (secondary N) is 2. The first-order valence-corrected chi connectivity index (χ1v) is 7.11. The second-order valence-corrected chi connectivity index (χ2v) is 4.74. The van der Waals surface area contributed by atoms with E-state index >= 15 is 0 Å². The van der Waals surface area contributed by atoms with E-state index in [4.69, 9.17) is 33.8 Å². The highest BCUT2D eigenvalue weighted by atomic mass is 15.2. The lowest BCUT2D eigenvalue weighted by molar-refractivity contribution is 0.357. The Balaban J connectivity index is 3.94. The van der Waals surface area contributed by atoms with Crippen LogP contribution in [0, 0.1) is 10.8 Å². The third-order valence-corrected chi connectivity index (χ3v) is 3.05. The normalized spacial score (nSPS) is 10.3. The third-order valence-electron chi connectivity index (χ3n) is 3.05. The van der Waals surface area contributed by atoms with Gasteiger partial charge in [-0.25, -0.2) is 0 Å². The summed E-state index contributed by atoms with van der Waals surface area (Å²) in [4.78, 5) is 3.65. The van der Waals surface area contributed by atoms with Gasteiger partial charge < -0.3 is 32.7 Å². The number of nitrogens with two attached hydrogens (primary N) is 4.